The van der Waals surface area contributed by atoms with Gasteiger partial charge in [0.05, 0.1) is 5.69 Å². The van der Waals surface area contributed by atoms with Gasteiger partial charge in [0, 0.05) is 22.9 Å². The zero-order chi connectivity index (χ0) is 13.8. The van der Waals surface area contributed by atoms with Gasteiger partial charge in [-0.3, -0.25) is 4.79 Å². The van der Waals surface area contributed by atoms with Gasteiger partial charge in [0.15, 0.2) is 5.69 Å². The molecule has 1 aromatic heterocycles. The largest absolute Gasteiger partial charge is 0.399 e. The number of aromatic nitrogens is 2. The summed E-state index contributed by atoms with van der Waals surface area (Å²) in [4.78, 5) is 11.8. The summed E-state index contributed by atoms with van der Waals surface area (Å²) < 4.78 is 2.33. The first-order valence-corrected chi connectivity index (χ1v) is 6.38. The third-order valence-corrected chi connectivity index (χ3v) is 2.70. The van der Waals surface area contributed by atoms with Crippen molar-refractivity contribution in [3.05, 3.63) is 53.3 Å². The Morgan fingerprint density at radius 3 is 2.68 bits per heavy atom. The Bertz CT molecular complexity index is 603. The number of carbonyl (C=O) groups is 1. The fourth-order valence-electron chi connectivity index (χ4n) is 1.48. The van der Waals surface area contributed by atoms with E-state index in [0.29, 0.717) is 22.4 Å². The second-order valence-corrected chi connectivity index (χ2v) is 5.06. The fourth-order valence-corrected chi connectivity index (χ4v) is 1.62. The molecule has 0 spiro atoms. The van der Waals surface area contributed by atoms with Crippen LogP contribution >= 0.6 is 15.9 Å². The fraction of sp³-hybridized carbons (Fsp3) is 0.0769. The topological polar surface area (TPSA) is 72.9 Å². The molecule has 19 heavy (non-hydrogen) atoms. The Kier molecular flexibility index (Phi) is 4.01. The molecule has 0 atom stereocenters. The number of nitrogens with zero attached hydrogens (tertiary/aromatic N) is 2. The van der Waals surface area contributed by atoms with Gasteiger partial charge in [-0.15, -0.1) is 0 Å². The third kappa shape index (κ3) is 3.45. The lowest BCUT2D eigenvalue weighted by atomic mass is 10.3. The van der Waals surface area contributed by atoms with Crippen LogP contribution in [0.25, 0.3) is 5.69 Å². The summed E-state index contributed by atoms with van der Waals surface area (Å²) in [6.07, 6.45) is 1.73. The van der Waals surface area contributed by atoms with Crippen molar-refractivity contribution < 1.29 is 4.79 Å². The van der Waals surface area contributed by atoms with E-state index >= 15 is 0 Å². The minimum atomic E-state index is -0.241. The monoisotopic (exact) mass is 320 g/mol. The quantitative estimate of drug-likeness (QED) is 0.847. The Labute approximate surface area is 119 Å². The highest BCUT2D eigenvalue weighted by Crippen LogP contribution is 2.10. The van der Waals surface area contributed by atoms with Gasteiger partial charge in [-0.2, -0.15) is 5.10 Å². The van der Waals surface area contributed by atoms with Crippen molar-refractivity contribution >= 4 is 27.5 Å². The molecule has 0 aliphatic heterocycles. The van der Waals surface area contributed by atoms with Crippen molar-refractivity contribution in [2.24, 2.45) is 0 Å². The van der Waals surface area contributed by atoms with Crippen LogP contribution in [0, 0.1) is 0 Å². The van der Waals surface area contributed by atoms with Gasteiger partial charge in [-0.25, -0.2) is 4.68 Å². The highest BCUT2D eigenvalue weighted by atomic mass is 79.9. The van der Waals surface area contributed by atoms with Crippen molar-refractivity contribution in [2.75, 3.05) is 12.3 Å². The maximum Gasteiger partial charge on any atom is 0.272 e. The molecule has 1 aromatic carbocycles. The molecule has 0 unspecified atom stereocenters. The van der Waals surface area contributed by atoms with Crippen molar-refractivity contribution in [3.63, 3.8) is 0 Å². The number of hydrogen-bond acceptors (Lipinski definition) is 3. The summed E-state index contributed by atoms with van der Waals surface area (Å²) >= 11 is 3.18. The van der Waals surface area contributed by atoms with E-state index in [1.165, 1.54) is 0 Å². The Morgan fingerprint density at radius 2 is 2.05 bits per heavy atom. The Balaban J connectivity index is 2.12. The van der Waals surface area contributed by atoms with E-state index in [9.17, 15) is 4.79 Å². The normalized spacial score (nSPS) is 10.2. The van der Waals surface area contributed by atoms with Crippen molar-refractivity contribution in [1.29, 1.82) is 0 Å². The van der Waals surface area contributed by atoms with Gasteiger partial charge >= 0.3 is 0 Å². The van der Waals surface area contributed by atoms with Crippen LogP contribution in [0.1, 0.15) is 10.5 Å². The number of nitrogens with one attached hydrogen (secondary N) is 1. The average molecular weight is 321 g/mol. The Morgan fingerprint density at radius 1 is 1.37 bits per heavy atom. The first-order chi connectivity index (χ1) is 9.06. The maximum absolute atomic E-state index is 11.8. The standard InChI is InChI=1S/C13H13BrN4O/c1-9(14)8-16-13(19)12-6-7-18(17-12)11-4-2-10(15)3-5-11/h2-7H,1,8,15H2,(H,16,19). The summed E-state index contributed by atoms with van der Waals surface area (Å²) in [7, 11) is 0. The van der Waals surface area contributed by atoms with Crippen molar-refractivity contribution in [3.8, 4) is 5.69 Å². The zero-order valence-electron chi connectivity index (χ0n) is 10.1. The summed E-state index contributed by atoms with van der Waals surface area (Å²) in [5.74, 6) is -0.241. The number of hydrogen-bond donors (Lipinski definition) is 2. The molecule has 98 valence electrons. The van der Waals surface area contributed by atoms with Gasteiger partial charge in [0.1, 0.15) is 0 Å². The smallest absolute Gasteiger partial charge is 0.272 e. The minimum Gasteiger partial charge on any atom is -0.399 e. The molecule has 0 saturated heterocycles. The van der Waals surface area contributed by atoms with Gasteiger partial charge in [0.2, 0.25) is 0 Å². The first kappa shape index (κ1) is 13.4. The molecular formula is C13H13BrN4O. The van der Waals surface area contributed by atoms with Crippen LogP contribution in [0.5, 0.6) is 0 Å². The van der Waals surface area contributed by atoms with Crippen LogP contribution in [0.2, 0.25) is 0 Å². The van der Waals surface area contributed by atoms with E-state index in [4.69, 9.17) is 5.73 Å². The number of amides is 1. The lowest BCUT2D eigenvalue weighted by Gasteiger charge is -2.02. The molecule has 1 heterocycles. The number of rotatable bonds is 4. The van der Waals surface area contributed by atoms with Crippen LogP contribution in [-0.4, -0.2) is 22.2 Å². The van der Waals surface area contributed by atoms with E-state index in [1.807, 2.05) is 12.1 Å². The molecule has 1 amide bonds. The molecule has 0 saturated carbocycles. The van der Waals surface area contributed by atoms with Gasteiger partial charge in [-0.05, 0) is 30.3 Å². The zero-order valence-corrected chi connectivity index (χ0v) is 11.7. The lowest BCUT2D eigenvalue weighted by Crippen LogP contribution is -2.24. The molecular weight excluding hydrogens is 308 g/mol. The van der Waals surface area contributed by atoms with Crippen LogP contribution in [0.4, 0.5) is 5.69 Å². The molecule has 6 heteroatoms. The van der Waals surface area contributed by atoms with Crippen LogP contribution < -0.4 is 11.1 Å². The Hall–Kier alpha value is -2.08. The van der Waals surface area contributed by atoms with Crippen LogP contribution in [-0.2, 0) is 0 Å². The number of carbonyl (C=O) groups excluding carboxylic acids is 1. The van der Waals surface area contributed by atoms with Crippen LogP contribution in [0.15, 0.2) is 47.6 Å². The second kappa shape index (κ2) is 5.71. The number of halogens is 1. The number of benzene rings is 1. The summed E-state index contributed by atoms with van der Waals surface area (Å²) in [5.41, 5.74) is 7.50. The third-order valence-electron chi connectivity index (χ3n) is 2.42. The molecule has 3 N–H and O–H groups in total. The van der Waals surface area contributed by atoms with E-state index in [2.05, 4.69) is 32.9 Å². The average Bonchev–Trinajstić information content (AvgIpc) is 2.86. The molecule has 0 radical (unpaired) electrons. The second-order valence-electron chi connectivity index (χ2n) is 3.94. The van der Waals surface area contributed by atoms with E-state index in [0.717, 1.165) is 5.69 Å². The molecule has 2 aromatic rings. The first-order valence-electron chi connectivity index (χ1n) is 5.59. The van der Waals surface area contributed by atoms with Crippen molar-refractivity contribution in [1.82, 2.24) is 15.1 Å². The van der Waals surface area contributed by atoms with E-state index in [1.54, 1.807) is 29.1 Å². The highest BCUT2D eigenvalue weighted by molar-refractivity contribution is 9.11. The van der Waals surface area contributed by atoms with Crippen molar-refractivity contribution in [2.45, 2.75) is 0 Å². The SMILES string of the molecule is C=C(Br)CNC(=O)c1ccn(-c2ccc(N)cc2)n1. The number of nitrogen functional groups attached to an aromatic ring is 1. The summed E-state index contributed by atoms with van der Waals surface area (Å²) in [6, 6.07) is 8.90. The summed E-state index contributed by atoms with van der Waals surface area (Å²) in [5, 5.41) is 6.90. The molecule has 0 fully saturated rings. The molecule has 0 aliphatic rings. The molecule has 0 bridgehead atoms. The van der Waals surface area contributed by atoms with Gasteiger partial charge < -0.3 is 11.1 Å². The number of anilines is 1. The van der Waals surface area contributed by atoms with E-state index < -0.39 is 0 Å². The molecule has 0 aliphatic carbocycles. The van der Waals surface area contributed by atoms with Gasteiger partial charge in [-0.1, -0.05) is 22.5 Å². The minimum absolute atomic E-state index is 0.241. The summed E-state index contributed by atoms with van der Waals surface area (Å²) in [6.45, 7) is 4.01. The van der Waals surface area contributed by atoms with Crippen LogP contribution in [0.3, 0.4) is 0 Å². The maximum atomic E-state index is 11.8. The molecule has 2 rings (SSSR count). The predicted molar refractivity (Wildman–Crippen MR) is 78.4 cm³/mol. The predicted octanol–water partition coefficient (Wildman–Crippen LogP) is 2.09. The van der Waals surface area contributed by atoms with E-state index in [-0.39, 0.29) is 5.91 Å². The lowest BCUT2D eigenvalue weighted by molar-refractivity contribution is 0.0952. The van der Waals surface area contributed by atoms with Gasteiger partial charge in [0.25, 0.3) is 5.91 Å². The molecule has 5 nitrogen and oxygen atoms in total. The highest BCUT2D eigenvalue weighted by Gasteiger charge is 2.09. The number of nitrogens with two attached hydrogens (primary N) is 1.